The summed E-state index contributed by atoms with van der Waals surface area (Å²) in [6.45, 7) is 6.03. The zero-order valence-electron chi connectivity index (χ0n) is 15.7. The average molecular weight is 356 g/mol. The molecule has 5 nitrogen and oxygen atoms in total. The van der Waals surface area contributed by atoms with Gasteiger partial charge in [-0.1, -0.05) is 45.4 Å². The number of aromatic nitrogens is 1. The number of H-pyrrole nitrogens is 1. The molecule has 0 unspecified atom stereocenters. The van der Waals surface area contributed by atoms with Crippen molar-refractivity contribution < 1.29 is 14.7 Å². The summed E-state index contributed by atoms with van der Waals surface area (Å²) < 4.78 is 0. The van der Waals surface area contributed by atoms with E-state index in [1.54, 1.807) is 6.20 Å². The van der Waals surface area contributed by atoms with Crippen molar-refractivity contribution in [1.82, 2.24) is 10.3 Å². The molecule has 1 fully saturated rings. The number of benzene rings is 1. The van der Waals surface area contributed by atoms with Gasteiger partial charge in [-0.3, -0.25) is 9.59 Å². The quantitative estimate of drug-likeness (QED) is 0.719. The van der Waals surface area contributed by atoms with Crippen molar-refractivity contribution in [2.75, 3.05) is 6.54 Å². The van der Waals surface area contributed by atoms with E-state index in [-0.39, 0.29) is 24.2 Å². The summed E-state index contributed by atoms with van der Waals surface area (Å²) in [4.78, 5) is 28.4. The highest BCUT2D eigenvalue weighted by molar-refractivity contribution is 6.09. The molecule has 1 heterocycles. The Morgan fingerprint density at radius 3 is 2.77 bits per heavy atom. The van der Waals surface area contributed by atoms with Crippen LogP contribution < -0.4 is 5.32 Å². The summed E-state index contributed by atoms with van der Waals surface area (Å²) in [6, 6.07) is 7.57. The molecule has 140 valence electrons. The molecule has 1 saturated carbocycles. The van der Waals surface area contributed by atoms with Gasteiger partial charge in [0.2, 0.25) is 0 Å². The van der Waals surface area contributed by atoms with Gasteiger partial charge >= 0.3 is 0 Å². The molecule has 0 spiro atoms. The third-order valence-corrected chi connectivity index (χ3v) is 5.74. The molecule has 1 aromatic heterocycles. The van der Waals surface area contributed by atoms with Crippen LogP contribution in [0.25, 0.3) is 10.9 Å². The first-order chi connectivity index (χ1) is 12.3. The minimum Gasteiger partial charge on any atom is -0.380 e. The first kappa shape index (κ1) is 18.6. The number of nitrogens with one attached hydrogen (secondary N) is 2. The highest BCUT2D eigenvalue weighted by Crippen LogP contribution is 2.41. The summed E-state index contributed by atoms with van der Waals surface area (Å²) in [5.41, 5.74) is 0.0545. The molecule has 0 bridgehead atoms. The van der Waals surface area contributed by atoms with E-state index < -0.39 is 11.5 Å². The number of fused-ring (bicyclic) bond motifs is 1. The molecule has 1 amide bonds. The van der Waals surface area contributed by atoms with Gasteiger partial charge in [0.25, 0.3) is 5.91 Å². The molecule has 1 aliphatic rings. The second-order valence-electron chi connectivity index (χ2n) is 8.02. The Kier molecular flexibility index (Phi) is 5.19. The molecule has 3 N–H and O–H groups in total. The molecule has 3 rings (SSSR count). The Morgan fingerprint density at radius 2 is 2.04 bits per heavy atom. The molecule has 0 radical (unpaired) electrons. The highest BCUT2D eigenvalue weighted by Gasteiger charge is 2.48. The van der Waals surface area contributed by atoms with Crippen LogP contribution >= 0.6 is 0 Å². The summed E-state index contributed by atoms with van der Waals surface area (Å²) in [5.74, 6) is -0.158. The molecule has 0 aliphatic heterocycles. The number of rotatable bonds is 5. The van der Waals surface area contributed by atoms with Crippen LogP contribution in [0.2, 0.25) is 0 Å². The van der Waals surface area contributed by atoms with E-state index in [0.717, 1.165) is 23.7 Å². The Balaban J connectivity index is 1.71. The molecule has 3 atom stereocenters. The van der Waals surface area contributed by atoms with E-state index in [9.17, 15) is 14.7 Å². The fourth-order valence-corrected chi connectivity index (χ4v) is 4.34. The predicted molar refractivity (Wildman–Crippen MR) is 102 cm³/mol. The number of carbonyl (C=O) groups excluding carboxylic acids is 2. The Hall–Kier alpha value is -2.14. The Morgan fingerprint density at radius 1 is 1.31 bits per heavy atom. The zero-order chi connectivity index (χ0) is 18.9. The SMILES string of the molecule is CC(C)[C@@H]1CC[C@@H](C)C[C@@]1(O)C(=O)NCC(=O)c1c[nH]c2ccccc12. The number of Topliss-reactive ketones (excluding diaryl/α,β-unsaturated/α-hetero) is 1. The normalized spacial score (nSPS) is 26.2. The predicted octanol–water partition coefficient (Wildman–Crippen LogP) is 3.29. The van der Waals surface area contributed by atoms with Crippen LogP contribution in [0, 0.1) is 17.8 Å². The number of aromatic amines is 1. The topological polar surface area (TPSA) is 82.2 Å². The van der Waals surface area contributed by atoms with Crippen LogP contribution in [0.5, 0.6) is 0 Å². The zero-order valence-corrected chi connectivity index (χ0v) is 15.7. The van der Waals surface area contributed by atoms with E-state index in [0.29, 0.717) is 17.9 Å². The fourth-order valence-electron chi connectivity index (χ4n) is 4.34. The number of hydrogen-bond acceptors (Lipinski definition) is 3. The van der Waals surface area contributed by atoms with E-state index in [2.05, 4.69) is 17.2 Å². The number of carbonyl (C=O) groups is 2. The van der Waals surface area contributed by atoms with Crippen molar-refractivity contribution >= 4 is 22.6 Å². The van der Waals surface area contributed by atoms with Gasteiger partial charge in [0, 0.05) is 22.7 Å². The summed E-state index contributed by atoms with van der Waals surface area (Å²) in [7, 11) is 0. The van der Waals surface area contributed by atoms with Crippen LogP contribution in [-0.2, 0) is 4.79 Å². The van der Waals surface area contributed by atoms with Gasteiger partial charge in [-0.25, -0.2) is 0 Å². The Bertz CT molecular complexity index is 810. The number of para-hydroxylation sites is 1. The highest BCUT2D eigenvalue weighted by atomic mass is 16.3. The lowest BCUT2D eigenvalue weighted by atomic mass is 9.66. The van der Waals surface area contributed by atoms with Crippen LogP contribution in [-0.4, -0.2) is 33.9 Å². The smallest absolute Gasteiger partial charge is 0.252 e. The van der Waals surface area contributed by atoms with E-state index >= 15 is 0 Å². The maximum absolute atomic E-state index is 12.8. The molecule has 2 aromatic rings. The lowest BCUT2D eigenvalue weighted by Gasteiger charge is -2.43. The summed E-state index contributed by atoms with van der Waals surface area (Å²) >= 11 is 0. The van der Waals surface area contributed by atoms with Gasteiger partial charge in [0.15, 0.2) is 5.78 Å². The molecular weight excluding hydrogens is 328 g/mol. The lowest BCUT2D eigenvalue weighted by molar-refractivity contribution is -0.155. The van der Waals surface area contributed by atoms with Crippen LogP contribution in [0.4, 0.5) is 0 Å². The van der Waals surface area contributed by atoms with Gasteiger partial charge in [0.05, 0.1) is 6.54 Å². The number of amides is 1. The van der Waals surface area contributed by atoms with Gasteiger partial charge in [-0.15, -0.1) is 0 Å². The molecule has 5 heteroatoms. The van der Waals surface area contributed by atoms with Crippen molar-refractivity contribution in [3.05, 3.63) is 36.0 Å². The summed E-state index contributed by atoms with van der Waals surface area (Å²) in [5, 5.41) is 14.7. The number of aliphatic hydroxyl groups is 1. The van der Waals surface area contributed by atoms with Gasteiger partial charge in [-0.2, -0.15) is 0 Å². The van der Waals surface area contributed by atoms with E-state index in [4.69, 9.17) is 0 Å². The largest absolute Gasteiger partial charge is 0.380 e. The lowest BCUT2D eigenvalue weighted by Crippen LogP contribution is -2.56. The van der Waals surface area contributed by atoms with Crippen molar-refractivity contribution in [1.29, 1.82) is 0 Å². The average Bonchev–Trinajstić information content (AvgIpc) is 3.03. The first-order valence-corrected chi connectivity index (χ1v) is 9.43. The number of hydrogen-bond donors (Lipinski definition) is 3. The van der Waals surface area contributed by atoms with Gasteiger partial charge in [-0.05, 0) is 36.7 Å². The third-order valence-electron chi connectivity index (χ3n) is 5.74. The molecule has 0 saturated heterocycles. The van der Waals surface area contributed by atoms with Crippen LogP contribution in [0.15, 0.2) is 30.5 Å². The molecule has 26 heavy (non-hydrogen) atoms. The van der Waals surface area contributed by atoms with Crippen molar-refractivity contribution in [2.45, 2.75) is 45.6 Å². The van der Waals surface area contributed by atoms with Crippen molar-refractivity contribution in [3.63, 3.8) is 0 Å². The van der Waals surface area contributed by atoms with Crippen molar-refractivity contribution in [3.8, 4) is 0 Å². The second-order valence-corrected chi connectivity index (χ2v) is 8.02. The number of ketones is 1. The maximum Gasteiger partial charge on any atom is 0.252 e. The first-order valence-electron chi connectivity index (χ1n) is 9.43. The summed E-state index contributed by atoms with van der Waals surface area (Å²) in [6.07, 6.45) is 3.97. The molecule has 1 aromatic carbocycles. The van der Waals surface area contributed by atoms with Gasteiger partial charge in [0.1, 0.15) is 5.60 Å². The van der Waals surface area contributed by atoms with E-state index in [1.807, 2.05) is 38.1 Å². The molecule has 1 aliphatic carbocycles. The minimum atomic E-state index is -1.40. The maximum atomic E-state index is 12.8. The van der Waals surface area contributed by atoms with Gasteiger partial charge < -0.3 is 15.4 Å². The van der Waals surface area contributed by atoms with Crippen molar-refractivity contribution in [2.24, 2.45) is 17.8 Å². The fraction of sp³-hybridized carbons (Fsp3) is 0.524. The minimum absolute atomic E-state index is 0.0816. The van der Waals surface area contributed by atoms with E-state index in [1.165, 1.54) is 0 Å². The van der Waals surface area contributed by atoms with Crippen LogP contribution in [0.3, 0.4) is 0 Å². The molecular formula is C21H28N2O3. The second kappa shape index (κ2) is 7.23. The Labute approximate surface area is 154 Å². The standard InChI is InChI=1S/C21H28N2O3/c1-13(2)17-9-8-14(3)10-21(17,26)20(25)23-12-19(24)16-11-22-18-7-5-4-6-15(16)18/h4-7,11,13-14,17,22,26H,8-10,12H2,1-3H3,(H,23,25)/t14-,17+,21+/m1/s1. The third kappa shape index (κ3) is 3.40. The van der Waals surface area contributed by atoms with Crippen LogP contribution in [0.1, 0.15) is 50.4 Å². The monoisotopic (exact) mass is 356 g/mol.